The summed E-state index contributed by atoms with van der Waals surface area (Å²) in [4.78, 5) is 2.29. The second kappa shape index (κ2) is 5.15. The van der Waals surface area contributed by atoms with E-state index in [0.29, 0.717) is 11.6 Å². The monoisotopic (exact) mass is 233 g/mol. The van der Waals surface area contributed by atoms with Crippen molar-refractivity contribution >= 4 is 5.69 Å². The summed E-state index contributed by atoms with van der Waals surface area (Å²) in [5, 5.41) is 12.3. The first kappa shape index (κ1) is 11.9. The number of rotatable bonds is 2. The second-order valence-electron chi connectivity index (χ2n) is 4.52. The van der Waals surface area contributed by atoms with Crippen molar-refractivity contribution in [2.24, 2.45) is 0 Å². The lowest BCUT2D eigenvalue weighted by Gasteiger charge is -2.30. The van der Waals surface area contributed by atoms with Gasteiger partial charge in [-0.05, 0) is 51.2 Å². The van der Waals surface area contributed by atoms with E-state index in [2.05, 4.69) is 17.3 Å². The summed E-state index contributed by atoms with van der Waals surface area (Å²) < 4.78 is 13.0. The lowest BCUT2D eigenvalue weighted by Crippen LogP contribution is -2.36. The number of anilines is 1. The molecular weight excluding hydrogens is 217 g/mol. The lowest BCUT2D eigenvalue weighted by molar-refractivity contribution is 0.264. The van der Waals surface area contributed by atoms with Crippen molar-refractivity contribution in [1.29, 1.82) is 5.26 Å². The first-order valence-corrected chi connectivity index (χ1v) is 5.84. The third kappa shape index (κ3) is 2.95. The maximum atomic E-state index is 13.0. The molecular formula is C13H16FN3. The summed E-state index contributed by atoms with van der Waals surface area (Å²) in [6.45, 7) is 2.11. The molecule has 1 aromatic carbocycles. The zero-order valence-corrected chi connectivity index (χ0v) is 9.91. The summed E-state index contributed by atoms with van der Waals surface area (Å²) in [6.07, 6.45) is 2.11. The van der Waals surface area contributed by atoms with Crippen LogP contribution in [0.3, 0.4) is 0 Å². The van der Waals surface area contributed by atoms with Gasteiger partial charge in [-0.2, -0.15) is 5.26 Å². The van der Waals surface area contributed by atoms with Crippen molar-refractivity contribution in [1.82, 2.24) is 4.90 Å². The van der Waals surface area contributed by atoms with E-state index >= 15 is 0 Å². The van der Waals surface area contributed by atoms with Crippen LogP contribution in [0.25, 0.3) is 0 Å². The predicted molar refractivity (Wildman–Crippen MR) is 65.3 cm³/mol. The minimum absolute atomic E-state index is 0.365. The summed E-state index contributed by atoms with van der Waals surface area (Å²) in [5.41, 5.74) is 1.12. The molecule has 1 aromatic rings. The van der Waals surface area contributed by atoms with Crippen LogP contribution in [0, 0.1) is 17.1 Å². The highest BCUT2D eigenvalue weighted by atomic mass is 19.1. The number of piperidine rings is 1. The number of hydrogen-bond donors (Lipinski definition) is 1. The van der Waals surface area contributed by atoms with E-state index in [1.807, 2.05) is 6.07 Å². The van der Waals surface area contributed by atoms with Crippen LogP contribution in [-0.4, -0.2) is 31.1 Å². The Morgan fingerprint density at radius 1 is 1.41 bits per heavy atom. The van der Waals surface area contributed by atoms with Gasteiger partial charge in [0.05, 0.1) is 11.3 Å². The van der Waals surface area contributed by atoms with E-state index in [4.69, 9.17) is 5.26 Å². The van der Waals surface area contributed by atoms with Gasteiger partial charge in [0.15, 0.2) is 0 Å². The number of benzene rings is 1. The fourth-order valence-electron chi connectivity index (χ4n) is 2.11. The van der Waals surface area contributed by atoms with Gasteiger partial charge in [-0.1, -0.05) is 0 Å². The Balaban J connectivity index is 2.06. The molecule has 0 saturated carbocycles. The molecule has 1 heterocycles. The fourth-order valence-corrected chi connectivity index (χ4v) is 2.11. The number of likely N-dealkylation sites (tertiary alicyclic amines) is 1. The lowest BCUT2D eigenvalue weighted by atomic mass is 10.0. The Labute approximate surface area is 101 Å². The number of nitrogens with zero attached hydrogens (tertiary/aromatic N) is 2. The highest BCUT2D eigenvalue weighted by molar-refractivity contribution is 5.57. The highest BCUT2D eigenvalue weighted by Gasteiger charge is 2.17. The molecule has 1 N–H and O–H groups in total. The second-order valence-corrected chi connectivity index (χ2v) is 4.52. The molecule has 17 heavy (non-hydrogen) atoms. The Morgan fingerprint density at radius 2 is 2.12 bits per heavy atom. The van der Waals surface area contributed by atoms with Crippen LogP contribution >= 0.6 is 0 Å². The molecule has 90 valence electrons. The molecule has 1 aliphatic rings. The van der Waals surface area contributed by atoms with E-state index in [1.165, 1.54) is 12.1 Å². The van der Waals surface area contributed by atoms with Crippen molar-refractivity contribution in [2.75, 3.05) is 25.5 Å². The standard InChI is InChI=1S/C13H16FN3/c1-17-6-4-12(5-7-17)16-13-3-2-11(14)8-10(13)9-15/h2-3,8,12,16H,4-7H2,1H3. The van der Waals surface area contributed by atoms with Crippen molar-refractivity contribution < 1.29 is 4.39 Å². The zero-order chi connectivity index (χ0) is 12.3. The average molecular weight is 233 g/mol. The van der Waals surface area contributed by atoms with Gasteiger partial charge in [0, 0.05) is 6.04 Å². The van der Waals surface area contributed by atoms with Gasteiger partial charge in [0.25, 0.3) is 0 Å². The van der Waals surface area contributed by atoms with Crippen LogP contribution in [0.15, 0.2) is 18.2 Å². The summed E-state index contributed by atoms with van der Waals surface area (Å²) in [6, 6.07) is 6.71. The highest BCUT2D eigenvalue weighted by Crippen LogP contribution is 2.20. The SMILES string of the molecule is CN1CCC(Nc2ccc(F)cc2C#N)CC1. The van der Waals surface area contributed by atoms with Crippen molar-refractivity contribution in [2.45, 2.75) is 18.9 Å². The van der Waals surface area contributed by atoms with Crippen molar-refractivity contribution in [3.63, 3.8) is 0 Å². The third-order valence-corrected chi connectivity index (χ3v) is 3.18. The largest absolute Gasteiger partial charge is 0.381 e. The fraction of sp³-hybridized carbons (Fsp3) is 0.462. The number of hydrogen-bond acceptors (Lipinski definition) is 3. The summed E-state index contributed by atoms with van der Waals surface area (Å²) >= 11 is 0. The summed E-state index contributed by atoms with van der Waals surface area (Å²) in [5.74, 6) is -0.365. The molecule has 1 saturated heterocycles. The van der Waals surface area contributed by atoms with Gasteiger partial charge in [0.2, 0.25) is 0 Å². The Hall–Kier alpha value is -1.60. The molecule has 0 bridgehead atoms. The first-order chi connectivity index (χ1) is 8.19. The Morgan fingerprint density at radius 3 is 2.76 bits per heavy atom. The average Bonchev–Trinajstić information content (AvgIpc) is 2.34. The molecule has 0 atom stereocenters. The van der Waals surface area contributed by atoms with Crippen LogP contribution < -0.4 is 5.32 Å². The molecule has 3 nitrogen and oxygen atoms in total. The van der Waals surface area contributed by atoms with Gasteiger partial charge in [-0.3, -0.25) is 0 Å². The number of nitriles is 1. The molecule has 4 heteroatoms. The van der Waals surface area contributed by atoms with Gasteiger partial charge in [-0.25, -0.2) is 4.39 Å². The van der Waals surface area contributed by atoms with Gasteiger partial charge in [0.1, 0.15) is 11.9 Å². The molecule has 1 aliphatic heterocycles. The normalized spacial score (nSPS) is 17.7. The van der Waals surface area contributed by atoms with Crippen LogP contribution in [0.1, 0.15) is 18.4 Å². The molecule has 0 aliphatic carbocycles. The zero-order valence-electron chi connectivity index (χ0n) is 9.91. The molecule has 2 rings (SSSR count). The molecule has 0 unspecified atom stereocenters. The minimum atomic E-state index is -0.365. The number of halogens is 1. The molecule has 0 spiro atoms. The van der Waals surface area contributed by atoms with E-state index in [1.54, 1.807) is 6.07 Å². The van der Waals surface area contributed by atoms with E-state index in [0.717, 1.165) is 31.6 Å². The smallest absolute Gasteiger partial charge is 0.124 e. The first-order valence-electron chi connectivity index (χ1n) is 5.84. The molecule has 0 aromatic heterocycles. The van der Waals surface area contributed by atoms with Crippen molar-refractivity contribution in [3.05, 3.63) is 29.6 Å². The van der Waals surface area contributed by atoms with Crippen LogP contribution in [0.4, 0.5) is 10.1 Å². The van der Waals surface area contributed by atoms with Crippen LogP contribution in [-0.2, 0) is 0 Å². The molecule has 0 radical (unpaired) electrons. The quantitative estimate of drug-likeness (QED) is 0.851. The van der Waals surface area contributed by atoms with Crippen molar-refractivity contribution in [3.8, 4) is 6.07 Å². The van der Waals surface area contributed by atoms with Crippen LogP contribution in [0.5, 0.6) is 0 Å². The maximum absolute atomic E-state index is 13.0. The van der Waals surface area contributed by atoms with E-state index < -0.39 is 0 Å². The minimum Gasteiger partial charge on any atom is -0.381 e. The summed E-state index contributed by atoms with van der Waals surface area (Å²) in [7, 11) is 2.11. The van der Waals surface area contributed by atoms with E-state index in [-0.39, 0.29) is 5.82 Å². The van der Waals surface area contributed by atoms with Crippen LogP contribution in [0.2, 0.25) is 0 Å². The number of nitrogens with one attached hydrogen (secondary N) is 1. The van der Waals surface area contributed by atoms with Gasteiger partial charge in [-0.15, -0.1) is 0 Å². The Kier molecular flexibility index (Phi) is 3.60. The van der Waals surface area contributed by atoms with Gasteiger partial charge < -0.3 is 10.2 Å². The predicted octanol–water partition coefficient (Wildman–Crippen LogP) is 2.20. The van der Waals surface area contributed by atoms with E-state index in [9.17, 15) is 4.39 Å². The molecule has 1 fully saturated rings. The third-order valence-electron chi connectivity index (χ3n) is 3.18. The molecule has 0 amide bonds. The topological polar surface area (TPSA) is 39.1 Å². The maximum Gasteiger partial charge on any atom is 0.124 e. The van der Waals surface area contributed by atoms with Gasteiger partial charge >= 0.3 is 0 Å². The Bertz CT molecular complexity index is 431.